The number of ether oxygens (including phenoxy) is 2. The minimum absolute atomic E-state index is 0.304. The molecule has 2 aromatic heterocycles. The molecule has 10 heteroatoms. The lowest BCUT2D eigenvalue weighted by Gasteiger charge is -2.39. The maximum atomic E-state index is 11.5. The van der Waals surface area contributed by atoms with E-state index in [1.165, 1.54) is 6.07 Å². The lowest BCUT2D eigenvalue weighted by Crippen LogP contribution is -2.44. The Labute approximate surface area is 212 Å². The minimum Gasteiger partial charge on any atom is -0.448 e. The Kier molecular flexibility index (Phi) is 6.03. The third-order valence-corrected chi connectivity index (χ3v) is 8.88. The van der Waals surface area contributed by atoms with Crippen LogP contribution in [0.4, 0.5) is 5.13 Å². The van der Waals surface area contributed by atoms with Crippen molar-refractivity contribution in [1.82, 2.24) is 4.98 Å². The maximum Gasteiger partial charge on any atom is 0.391 e. The van der Waals surface area contributed by atoms with Crippen LogP contribution in [0.15, 0.2) is 59.0 Å². The van der Waals surface area contributed by atoms with Gasteiger partial charge in [0, 0.05) is 30.0 Å². The van der Waals surface area contributed by atoms with Gasteiger partial charge in [0.15, 0.2) is 10.9 Å². The number of thiazole rings is 1. The predicted octanol–water partition coefficient (Wildman–Crippen LogP) is 5.37. The summed E-state index contributed by atoms with van der Waals surface area (Å²) in [7, 11) is -4.44. The number of nitrogens with one attached hydrogen (secondary N) is 1. The van der Waals surface area contributed by atoms with Gasteiger partial charge in [-0.05, 0) is 42.2 Å². The molecular weight excluding hydrogens is 499 g/mol. The Morgan fingerprint density at radius 2 is 1.86 bits per heavy atom. The van der Waals surface area contributed by atoms with Gasteiger partial charge < -0.3 is 29.0 Å². The van der Waals surface area contributed by atoms with Crippen LogP contribution >= 0.6 is 18.9 Å². The van der Waals surface area contributed by atoms with Gasteiger partial charge in [-0.15, -0.1) is 0 Å². The lowest BCUT2D eigenvalue weighted by molar-refractivity contribution is -0.186. The fraction of sp³-hybridized carbons (Fsp3) is 0.346. The molecule has 2 atom stereocenters. The van der Waals surface area contributed by atoms with Gasteiger partial charge in [-0.2, -0.15) is 0 Å². The van der Waals surface area contributed by atoms with Crippen molar-refractivity contribution in [3.05, 3.63) is 54.6 Å². The summed E-state index contributed by atoms with van der Waals surface area (Å²) in [6.45, 7) is 3.59. The molecule has 0 radical (unpaired) electrons. The van der Waals surface area contributed by atoms with Crippen LogP contribution in [0, 0.1) is 5.92 Å². The normalized spacial score (nSPS) is 21.9. The highest BCUT2D eigenvalue weighted by molar-refractivity contribution is 7.59. The Bertz CT molecular complexity index is 1450. The molecule has 188 valence electrons. The molecule has 0 amide bonds. The van der Waals surface area contributed by atoms with Gasteiger partial charge in [-0.3, -0.25) is 4.57 Å². The summed E-state index contributed by atoms with van der Waals surface area (Å²) in [5, 5.41) is 4.56. The molecule has 8 nitrogen and oxygen atoms in total. The van der Waals surface area contributed by atoms with Gasteiger partial charge in [0.05, 0.1) is 23.4 Å². The molecule has 1 saturated carbocycles. The molecule has 1 aliphatic heterocycles. The molecule has 6 rings (SSSR count). The highest BCUT2D eigenvalue weighted by Crippen LogP contribution is 2.42. The van der Waals surface area contributed by atoms with Gasteiger partial charge in [0.1, 0.15) is 5.76 Å². The third-order valence-electron chi connectivity index (χ3n) is 7.03. The van der Waals surface area contributed by atoms with Gasteiger partial charge in [0.2, 0.25) is 5.50 Å². The first kappa shape index (κ1) is 23.9. The van der Waals surface area contributed by atoms with E-state index in [1.807, 2.05) is 36.4 Å². The summed E-state index contributed by atoms with van der Waals surface area (Å²) < 4.78 is 29.9. The topological polar surface area (TPSA) is 114 Å². The Balaban J connectivity index is 1.26. The van der Waals surface area contributed by atoms with Gasteiger partial charge in [0.25, 0.3) is 0 Å². The molecule has 1 saturated heterocycles. The molecule has 2 fully saturated rings. The molecule has 2 aromatic carbocycles. The fourth-order valence-corrected chi connectivity index (χ4v) is 6.79. The van der Waals surface area contributed by atoms with Crippen LogP contribution in [0.25, 0.3) is 32.7 Å². The zero-order chi connectivity index (χ0) is 24.9. The van der Waals surface area contributed by atoms with Gasteiger partial charge in [-0.1, -0.05) is 48.6 Å². The molecule has 3 heterocycles. The molecule has 36 heavy (non-hydrogen) atoms. The summed E-state index contributed by atoms with van der Waals surface area (Å²) >= 11 is 1.64. The van der Waals surface area contributed by atoms with E-state index in [2.05, 4.69) is 18.3 Å². The van der Waals surface area contributed by atoms with E-state index in [1.54, 1.807) is 17.4 Å². The average Bonchev–Trinajstić information content (AvgIpc) is 3.60. The van der Waals surface area contributed by atoms with Crippen molar-refractivity contribution in [2.45, 2.75) is 38.0 Å². The monoisotopic (exact) mass is 526 g/mol. The van der Waals surface area contributed by atoms with Crippen LogP contribution in [-0.4, -0.2) is 39.8 Å². The zero-order valence-corrected chi connectivity index (χ0v) is 21.4. The average molecular weight is 527 g/mol. The first-order valence-electron chi connectivity index (χ1n) is 12.0. The van der Waals surface area contributed by atoms with Crippen molar-refractivity contribution in [3.8, 4) is 22.5 Å². The van der Waals surface area contributed by atoms with Crippen molar-refractivity contribution < 1.29 is 28.2 Å². The van der Waals surface area contributed by atoms with Crippen LogP contribution in [0.1, 0.15) is 26.2 Å². The van der Waals surface area contributed by atoms with Crippen LogP contribution in [0.5, 0.6) is 0 Å². The molecule has 1 aliphatic carbocycles. The summed E-state index contributed by atoms with van der Waals surface area (Å²) in [6.07, 6.45) is 2.73. The highest BCUT2D eigenvalue weighted by atomic mass is 32.1. The van der Waals surface area contributed by atoms with Crippen LogP contribution in [0.3, 0.4) is 0 Å². The maximum absolute atomic E-state index is 11.5. The van der Waals surface area contributed by atoms with Crippen LogP contribution < -0.4 is 10.8 Å². The van der Waals surface area contributed by atoms with Crippen molar-refractivity contribution in [2.24, 2.45) is 5.92 Å². The van der Waals surface area contributed by atoms with Crippen molar-refractivity contribution in [2.75, 3.05) is 18.5 Å². The van der Waals surface area contributed by atoms with E-state index in [-0.39, 0.29) is 5.50 Å². The second-order valence-electron chi connectivity index (χ2n) is 9.51. The largest absolute Gasteiger partial charge is 0.448 e. The van der Waals surface area contributed by atoms with E-state index in [4.69, 9.17) is 18.9 Å². The standard InChI is InChI=1S/C26H27N2O6PS/c1-16-15-26(32-12-13-33-26)11-10-20(16)27-25-28-21-7-3-6-19(24(21)36-25)17-4-2-5-18(14-17)22-8-9-23(34-22)35(29,30)31/h2-9,14,16,20H,10-13,15H2,1H3,(H,27,28)(H2,29,30,31)/t16-,20-/m0/s1. The first-order chi connectivity index (χ1) is 17.3. The number of aromatic nitrogens is 1. The number of anilines is 1. The molecule has 0 unspecified atom stereocenters. The molecule has 2 aliphatic rings. The molecular formula is C26H27N2O6PS. The molecule has 3 N–H and O–H groups in total. The Morgan fingerprint density at radius 1 is 1.08 bits per heavy atom. The fourth-order valence-electron chi connectivity index (χ4n) is 5.24. The second kappa shape index (κ2) is 9.10. The smallest absolute Gasteiger partial charge is 0.391 e. The summed E-state index contributed by atoms with van der Waals surface area (Å²) in [5.41, 5.74) is 3.36. The SMILES string of the molecule is C[C@H]1CC2(CC[C@@H]1Nc1nc3cccc(-c4cccc(-c5ccc(P(=O)(O)O)o5)c4)c3s1)OCCO2. The van der Waals surface area contributed by atoms with E-state index in [9.17, 15) is 14.4 Å². The number of hydrogen-bond acceptors (Lipinski definition) is 7. The number of benzene rings is 2. The van der Waals surface area contributed by atoms with Crippen molar-refractivity contribution >= 4 is 39.8 Å². The summed E-state index contributed by atoms with van der Waals surface area (Å²) in [6, 6.07) is 17.0. The Morgan fingerprint density at radius 3 is 2.61 bits per heavy atom. The van der Waals surface area contributed by atoms with Crippen molar-refractivity contribution in [1.29, 1.82) is 0 Å². The lowest BCUT2D eigenvalue weighted by atomic mass is 9.82. The molecule has 1 spiro atoms. The van der Waals surface area contributed by atoms with E-state index in [0.29, 0.717) is 30.9 Å². The summed E-state index contributed by atoms with van der Waals surface area (Å²) in [4.78, 5) is 23.6. The number of fused-ring (bicyclic) bond motifs is 1. The van der Waals surface area contributed by atoms with E-state index in [0.717, 1.165) is 51.3 Å². The second-order valence-corrected chi connectivity index (χ2v) is 12.0. The number of rotatable bonds is 5. The van der Waals surface area contributed by atoms with E-state index >= 15 is 0 Å². The van der Waals surface area contributed by atoms with Gasteiger partial charge >= 0.3 is 7.60 Å². The van der Waals surface area contributed by atoms with Crippen LogP contribution in [0.2, 0.25) is 0 Å². The third kappa shape index (κ3) is 4.52. The van der Waals surface area contributed by atoms with Crippen molar-refractivity contribution in [3.63, 3.8) is 0 Å². The predicted molar refractivity (Wildman–Crippen MR) is 139 cm³/mol. The zero-order valence-electron chi connectivity index (χ0n) is 19.7. The van der Waals surface area contributed by atoms with E-state index < -0.39 is 13.4 Å². The number of nitrogens with zero attached hydrogens (tertiary/aromatic N) is 1. The number of hydrogen-bond donors (Lipinski definition) is 3. The van der Waals surface area contributed by atoms with Crippen LogP contribution in [-0.2, 0) is 14.0 Å². The minimum atomic E-state index is -4.44. The molecule has 4 aromatic rings. The quantitative estimate of drug-likeness (QED) is 0.298. The number of furan rings is 1. The molecule has 0 bridgehead atoms. The first-order valence-corrected chi connectivity index (χ1v) is 14.4. The summed E-state index contributed by atoms with van der Waals surface area (Å²) in [5.74, 6) is 0.406. The van der Waals surface area contributed by atoms with Gasteiger partial charge in [-0.25, -0.2) is 4.98 Å². The highest BCUT2D eigenvalue weighted by Gasteiger charge is 2.43. The Hall–Kier alpha value is -2.52.